The van der Waals surface area contributed by atoms with E-state index in [0.717, 1.165) is 16.9 Å². The Labute approximate surface area is 135 Å². The summed E-state index contributed by atoms with van der Waals surface area (Å²) < 4.78 is 0. The van der Waals surface area contributed by atoms with E-state index >= 15 is 0 Å². The lowest BCUT2D eigenvalue weighted by atomic mass is 10.1. The molecule has 1 aromatic carbocycles. The Balaban J connectivity index is 1.60. The normalized spacial score (nSPS) is 17.3. The first-order valence-corrected chi connectivity index (χ1v) is 7.68. The molecule has 0 spiro atoms. The summed E-state index contributed by atoms with van der Waals surface area (Å²) in [5, 5.41) is 2.86. The number of pyridine rings is 1. The van der Waals surface area contributed by atoms with Gasteiger partial charge in [-0.2, -0.15) is 0 Å². The number of carbonyl (C=O) groups excluding carboxylic acids is 2. The summed E-state index contributed by atoms with van der Waals surface area (Å²) in [6, 6.07) is 13.3. The molecule has 1 saturated heterocycles. The minimum Gasteiger partial charge on any atom is -0.350 e. The van der Waals surface area contributed by atoms with Crippen LogP contribution >= 0.6 is 0 Å². The van der Waals surface area contributed by atoms with Crippen LogP contribution in [0.5, 0.6) is 0 Å². The van der Waals surface area contributed by atoms with Crippen LogP contribution in [0.2, 0.25) is 0 Å². The average Bonchev–Trinajstić information content (AvgIpc) is 2.96. The van der Waals surface area contributed by atoms with Crippen LogP contribution in [0, 0.1) is 12.8 Å². The van der Waals surface area contributed by atoms with Crippen molar-refractivity contribution in [2.45, 2.75) is 19.9 Å². The molecule has 5 nitrogen and oxygen atoms in total. The minimum absolute atomic E-state index is 0.00756. The molecule has 0 bridgehead atoms. The predicted molar refractivity (Wildman–Crippen MR) is 87.7 cm³/mol. The molecule has 2 heterocycles. The number of carbonyl (C=O) groups is 2. The molecular weight excluding hydrogens is 290 g/mol. The van der Waals surface area contributed by atoms with E-state index in [2.05, 4.69) is 10.3 Å². The van der Waals surface area contributed by atoms with Crippen LogP contribution in [0.1, 0.15) is 17.7 Å². The number of hydrogen-bond acceptors (Lipinski definition) is 3. The molecule has 0 unspecified atom stereocenters. The summed E-state index contributed by atoms with van der Waals surface area (Å²) in [4.78, 5) is 30.3. The molecule has 0 aliphatic carbocycles. The number of anilines is 1. The van der Waals surface area contributed by atoms with Crippen molar-refractivity contribution in [1.29, 1.82) is 0 Å². The lowest BCUT2D eigenvalue weighted by Crippen LogP contribution is -2.32. The maximum Gasteiger partial charge on any atom is 0.227 e. The summed E-state index contributed by atoms with van der Waals surface area (Å²) in [5.74, 6) is -0.419. The molecule has 3 rings (SSSR count). The molecule has 2 amide bonds. The second-order valence-electron chi connectivity index (χ2n) is 5.78. The lowest BCUT2D eigenvalue weighted by molar-refractivity contribution is -0.126. The van der Waals surface area contributed by atoms with Gasteiger partial charge in [-0.3, -0.25) is 14.6 Å². The zero-order valence-electron chi connectivity index (χ0n) is 13.0. The van der Waals surface area contributed by atoms with Crippen molar-refractivity contribution >= 4 is 17.5 Å². The van der Waals surface area contributed by atoms with E-state index in [1.165, 1.54) is 0 Å². The number of aromatic nitrogens is 1. The standard InChI is InChI=1S/C18H19N3O2/c1-13-5-7-16(8-6-13)21-12-14(10-17(21)22)18(23)20-11-15-4-2-3-9-19-15/h2-9,14H,10-12H2,1H3,(H,20,23)/t14-/m0/s1. The number of aryl methyl sites for hydroxylation is 1. The smallest absolute Gasteiger partial charge is 0.227 e. The minimum atomic E-state index is -0.312. The molecule has 1 aromatic heterocycles. The number of rotatable bonds is 4. The third kappa shape index (κ3) is 3.56. The van der Waals surface area contributed by atoms with Crippen molar-refractivity contribution in [2.75, 3.05) is 11.4 Å². The predicted octanol–water partition coefficient (Wildman–Crippen LogP) is 2.06. The summed E-state index contributed by atoms with van der Waals surface area (Å²) in [6.07, 6.45) is 1.95. The monoisotopic (exact) mass is 309 g/mol. The molecule has 118 valence electrons. The molecule has 1 aliphatic rings. The van der Waals surface area contributed by atoms with E-state index in [0.29, 0.717) is 13.1 Å². The van der Waals surface area contributed by atoms with Gasteiger partial charge >= 0.3 is 0 Å². The van der Waals surface area contributed by atoms with E-state index in [1.807, 2.05) is 49.4 Å². The number of hydrogen-bond donors (Lipinski definition) is 1. The highest BCUT2D eigenvalue weighted by Gasteiger charge is 2.34. The molecular formula is C18H19N3O2. The van der Waals surface area contributed by atoms with Gasteiger partial charge in [0.05, 0.1) is 18.2 Å². The summed E-state index contributed by atoms with van der Waals surface area (Å²) in [5.41, 5.74) is 2.80. The maximum absolute atomic E-state index is 12.3. The van der Waals surface area contributed by atoms with E-state index in [9.17, 15) is 9.59 Å². The van der Waals surface area contributed by atoms with Gasteiger partial charge in [-0.25, -0.2) is 0 Å². The van der Waals surface area contributed by atoms with Crippen LogP contribution in [0.15, 0.2) is 48.7 Å². The zero-order valence-corrected chi connectivity index (χ0v) is 13.0. The maximum atomic E-state index is 12.3. The van der Waals surface area contributed by atoms with Gasteiger partial charge in [0.2, 0.25) is 11.8 Å². The first kappa shape index (κ1) is 15.2. The van der Waals surface area contributed by atoms with Crippen molar-refractivity contribution in [3.05, 3.63) is 59.9 Å². The van der Waals surface area contributed by atoms with Gasteiger partial charge in [-0.05, 0) is 31.2 Å². The third-order valence-electron chi connectivity index (χ3n) is 4.01. The fraction of sp³-hybridized carbons (Fsp3) is 0.278. The summed E-state index contributed by atoms with van der Waals surface area (Å²) in [7, 11) is 0. The molecule has 1 N–H and O–H groups in total. The fourth-order valence-corrected chi connectivity index (χ4v) is 2.68. The SMILES string of the molecule is Cc1ccc(N2C[C@@H](C(=O)NCc3ccccn3)CC2=O)cc1. The molecule has 1 atom stereocenters. The Bertz CT molecular complexity index is 698. The first-order valence-electron chi connectivity index (χ1n) is 7.68. The van der Waals surface area contributed by atoms with Crippen molar-refractivity contribution in [2.24, 2.45) is 5.92 Å². The Morgan fingerprint density at radius 2 is 2.04 bits per heavy atom. The molecule has 1 aliphatic heterocycles. The topological polar surface area (TPSA) is 62.3 Å². The van der Waals surface area contributed by atoms with Crippen LogP contribution in [0.3, 0.4) is 0 Å². The van der Waals surface area contributed by atoms with E-state index in [-0.39, 0.29) is 24.2 Å². The van der Waals surface area contributed by atoms with Gasteiger partial charge in [-0.1, -0.05) is 23.8 Å². The Hall–Kier alpha value is -2.69. The Kier molecular flexibility index (Phi) is 4.37. The Morgan fingerprint density at radius 3 is 2.74 bits per heavy atom. The number of benzene rings is 1. The fourth-order valence-electron chi connectivity index (χ4n) is 2.68. The Morgan fingerprint density at radius 1 is 1.26 bits per heavy atom. The van der Waals surface area contributed by atoms with Gasteiger partial charge in [0.25, 0.3) is 0 Å². The molecule has 0 saturated carbocycles. The van der Waals surface area contributed by atoms with Crippen LogP contribution in [0.4, 0.5) is 5.69 Å². The molecule has 2 aromatic rings. The van der Waals surface area contributed by atoms with Gasteiger partial charge in [-0.15, -0.1) is 0 Å². The van der Waals surface area contributed by atoms with Crippen molar-refractivity contribution < 1.29 is 9.59 Å². The van der Waals surface area contributed by atoms with Crippen LogP contribution in [-0.4, -0.2) is 23.3 Å². The highest BCUT2D eigenvalue weighted by Crippen LogP contribution is 2.25. The highest BCUT2D eigenvalue weighted by molar-refractivity contribution is 6.00. The van der Waals surface area contributed by atoms with Crippen LogP contribution in [-0.2, 0) is 16.1 Å². The van der Waals surface area contributed by atoms with Crippen LogP contribution in [0.25, 0.3) is 0 Å². The zero-order chi connectivity index (χ0) is 16.2. The number of nitrogens with one attached hydrogen (secondary N) is 1. The summed E-state index contributed by atoms with van der Waals surface area (Å²) >= 11 is 0. The molecule has 0 radical (unpaired) electrons. The summed E-state index contributed by atoms with van der Waals surface area (Å²) in [6.45, 7) is 2.81. The van der Waals surface area contributed by atoms with Gasteiger partial charge in [0, 0.05) is 24.8 Å². The highest BCUT2D eigenvalue weighted by atomic mass is 16.2. The second kappa shape index (κ2) is 6.60. The van der Waals surface area contributed by atoms with Crippen LogP contribution < -0.4 is 10.2 Å². The second-order valence-corrected chi connectivity index (χ2v) is 5.78. The van der Waals surface area contributed by atoms with Gasteiger partial charge < -0.3 is 10.2 Å². The molecule has 23 heavy (non-hydrogen) atoms. The molecule has 5 heteroatoms. The molecule has 1 fully saturated rings. The van der Waals surface area contributed by atoms with Crippen molar-refractivity contribution in [1.82, 2.24) is 10.3 Å². The third-order valence-corrected chi connectivity index (χ3v) is 4.01. The van der Waals surface area contributed by atoms with Crippen molar-refractivity contribution in [3.8, 4) is 0 Å². The lowest BCUT2D eigenvalue weighted by Gasteiger charge is -2.17. The van der Waals surface area contributed by atoms with E-state index < -0.39 is 0 Å². The van der Waals surface area contributed by atoms with Gasteiger partial charge in [0.1, 0.15) is 0 Å². The largest absolute Gasteiger partial charge is 0.350 e. The average molecular weight is 309 g/mol. The quantitative estimate of drug-likeness (QED) is 0.940. The first-order chi connectivity index (χ1) is 11.1. The number of nitrogens with zero attached hydrogens (tertiary/aromatic N) is 2. The number of amides is 2. The van der Waals surface area contributed by atoms with Crippen molar-refractivity contribution in [3.63, 3.8) is 0 Å². The van der Waals surface area contributed by atoms with Gasteiger partial charge in [0.15, 0.2) is 0 Å². The van der Waals surface area contributed by atoms with E-state index in [1.54, 1.807) is 11.1 Å². The van der Waals surface area contributed by atoms with E-state index in [4.69, 9.17) is 0 Å².